The Morgan fingerprint density at radius 2 is 1.70 bits per heavy atom. The van der Waals surface area contributed by atoms with Crippen LogP contribution in [0.3, 0.4) is 0 Å². The fraction of sp³-hybridized carbons (Fsp3) is 0.375. The first-order chi connectivity index (χ1) is 15.8. The van der Waals surface area contributed by atoms with Gasteiger partial charge in [0.2, 0.25) is 10.0 Å². The van der Waals surface area contributed by atoms with Gasteiger partial charge in [-0.15, -0.1) is 0 Å². The SMILES string of the molecule is CCCCCn1nc(C(=O)Nc2cccc(S(=O)(=O)N(CC)CC)c2)c2ccccc2c1=O. The zero-order valence-electron chi connectivity index (χ0n) is 19.2. The van der Waals surface area contributed by atoms with Crippen LogP contribution >= 0.6 is 0 Å². The maximum absolute atomic E-state index is 13.2. The summed E-state index contributed by atoms with van der Waals surface area (Å²) in [6.45, 7) is 6.76. The normalized spacial score (nSPS) is 11.8. The first-order valence-corrected chi connectivity index (χ1v) is 12.7. The number of nitrogens with zero attached hydrogens (tertiary/aromatic N) is 3. The van der Waals surface area contributed by atoms with Gasteiger partial charge in [-0.25, -0.2) is 13.1 Å². The zero-order chi connectivity index (χ0) is 24.0. The number of hydrogen-bond acceptors (Lipinski definition) is 5. The first kappa shape index (κ1) is 24.6. The van der Waals surface area contributed by atoms with E-state index < -0.39 is 15.9 Å². The molecular weight excluding hydrogens is 440 g/mol. The van der Waals surface area contributed by atoms with E-state index in [1.807, 2.05) is 0 Å². The molecular formula is C24H30N4O4S. The van der Waals surface area contributed by atoms with Gasteiger partial charge in [0.1, 0.15) is 0 Å². The average Bonchev–Trinajstić information content (AvgIpc) is 2.81. The number of benzene rings is 2. The highest BCUT2D eigenvalue weighted by molar-refractivity contribution is 7.89. The molecule has 3 aromatic rings. The van der Waals surface area contributed by atoms with Crippen molar-refractivity contribution in [2.75, 3.05) is 18.4 Å². The molecule has 0 aliphatic heterocycles. The predicted octanol–water partition coefficient (Wildman–Crippen LogP) is 3.87. The van der Waals surface area contributed by atoms with Gasteiger partial charge in [-0.3, -0.25) is 9.59 Å². The minimum atomic E-state index is -3.66. The quantitative estimate of drug-likeness (QED) is 0.453. The molecule has 33 heavy (non-hydrogen) atoms. The van der Waals surface area contributed by atoms with Crippen molar-refractivity contribution < 1.29 is 13.2 Å². The number of aryl methyl sites for hydroxylation is 1. The summed E-state index contributed by atoms with van der Waals surface area (Å²) in [7, 11) is -3.66. The Morgan fingerprint density at radius 1 is 1.00 bits per heavy atom. The lowest BCUT2D eigenvalue weighted by Gasteiger charge is -2.19. The maximum atomic E-state index is 13.2. The molecule has 1 amide bonds. The zero-order valence-corrected chi connectivity index (χ0v) is 20.1. The van der Waals surface area contributed by atoms with Gasteiger partial charge in [-0.05, 0) is 30.7 Å². The molecule has 176 valence electrons. The van der Waals surface area contributed by atoms with Crippen molar-refractivity contribution in [3.05, 3.63) is 64.6 Å². The minimum absolute atomic E-state index is 0.103. The van der Waals surface area contributed by atoms with Crippen LogP contribution in [0, 0.1) is 0 Å². The van der Waals surface area contributed by atoms with Crippen LogP contribution in [0.1, 0.15) is 50.5 Å². The third kappa shape index (κ3) is 5.31. The second kappa shape index (κ2) is 10.7. The molecule has 0 aliphatic carbocycles. The molecule has 1 heterocycles. The molecule has 0 spiro atoms. The summed E-state index contributed by atoms with van der Waals surface area (Å²) >= 11 is 0. The predicted molar refractivity (Wildman–Crippen MR) is 130 cm³/mol. The molecule has 0 radical (unpaired) electrons. The Balaban J connectivity index is 1.97. The van der Waals surface area contributed by atoms with Gasteiger partial charge < -0.3 is 5.32 Å². The van der Waals surface area contributed by atoms with Crippen molar-refractivity contribution in [2.45, 2.75) is 51.5 Å². The van der Waals surface area contributed by atoms with Crippen LogP contribution in [0.4, 0.5) is 5.69 Å². The number of amides is 1. The molecule has 8 nitrogen and oxygen atoms in total. The van der Waals surface area contributed by atoms with Crippen LogP contribution < -0.4 is 10.9 Å². The number of hydrogen-bond donors (Lipinski definition) is 1. The van der Waals surface area contributed by atoms with Crippen molar-refractivity contribution in [3.63, 3.8) is 0 Å². The largest absolute Gasteiger partial charge is 0.321 e. The molecule has 1 aromatic heterocycles. The lowest BCUT2D eigenvalue weighted by atomic mass is 10.1. The van der Waals surface area contributed by atoms with E-state index in [1.54, 1.807) is 50.2 Å². The summed E-state index contributed by atoms with van der Waals surface area (Å²) in [5.41, 5.74) is 0.229. The number of nitrogens with one attached hydrogen (secondary N) is 1. The second-order valence-electron chi connectivity index (χ2n) is 7.70. The fourth-order valence-corrected chi connectivity index (χ4v) is 5.21. The molecule has 0 fully saturated rings. The Morgan fingerprint density at radius 3 is 2.36 bits per heavy atom. The smallest absolute Gasteiger partial charge is 0.276 e. The van der Waals surface area contributed by atoms with Crippen LogP contribution in [0.2, 0.25) is 0 Å². The lowest BCUT2D eigenvalue weighted by molar-refractivity contribution is 0.102. The third-order valence-corrected chi connectivity index (χ3v) is 7.54. The topological polar surface area (TPSA) is 101 Å². The van der Waals surface area contributed by atoms with Crippen molar-refractivity contribution in [1.82, 2.24) is 14.1 Å². The molecule has 9 heteroatoms. The van der Waals surface area contributed by atoms with Gasteiger partial charge in [0, 0.05) is 30.7 Å². The molecule has 0 saturated carbocycles. The highest BCUT2D eigenvalue weighted by atomic mass is 32.2. The van der Waals surface area contributed by atoms with E-state index in [2.05, 4.69) is 17.3 Å². The van der Waals surface area contributed by atoms with E-state index in [1.165, 1.54) is 21.1 Å². The molecule has 0 saturated heterocycles. The first-order valence-electron chi connectivity index (χ1n) is 11.2. The number of fused-ring (bicyclic) bond motifs is 1. The third-order valence-electron chi connectivity index (χ3n) is 5.49. The summed E-state index contributed by atoms with van der Waals surface area (Å²) in [5.74, 6) is -0.507. The van der Waals surface area contributed by atoms with Gasteiger partial charge in [0.05, 0.1) is 10.3 Å². The van der Waals surface area contributed by atoms with E-state index in [0.29, 0.717) is 36.1 Å². The van der Waals surface area contributed by atoms with Crippen LogP contribution in [0.25, 0.3) is 10.8 Å². The van der Waals surface area contributed by atoms with E-state index in [-0.39, 0.29) is 16.1 Å². The van der Waals surface area contributed by atoms with E-state index in [9.17, 15) is 18.0 Å². The van der Waals surface area contributed by atoms with Crippen molar-refractivity contribution in [3.8, 4) is 0 Å². The summed E-state index contributed by atoms with van der Waals surface area (Å²) in [5, 5.41) is 7.99. The summed E-state index contributed by atoms with van der Waals surface area (Å²) in [4.78, 5) is 26.1. The number of rotatable bonds is 10. The Hall–Kier alpha value is -3.04. The molecule has 0 unspecified atom stereocenters. The Bertz CT molecular complexity index is 1300. The van der Waals surface area contributed by atoms with E-state index >= 15 is 0 Å². The number of sulfonamides is 1. The molecule has 3 rings (SSSR count). The number of anilines is 1. The summed E-state index contributed by atoms with van der Waals surface area (Å²) < 4.78 is 28.4. The van der Waals surface area contributed by atoms with Crippen molar-refractivity contribution >= 4 is 32.4 Å². The van der Waals surface area contributed by atoms with E-state index in [4.69, 9.17) is 0 Å². The monoisotopic (exact) mass is 470 g/mol. The van der Waals surface area contributed by atoms with Gasteiger partial charge in [-0.1, -0.05) is 57.9 Å². The van der Waals surface area contributed by atoms with Gasteiger partial charge in [0.15, 0.2) is 5.69 Å². The number of carbonyl (C=O) groups excluding carboxylic acids is 1. The molecule has 1 N–H and O–H groups in total. The molecule has 0 aliphatic rings. The number of unbranched alkanes of at least 4 members (excludes halogenated alkanes) is 2. The highest BCUT2D eigenvalue weighted by Crippen LogP contribution is 2.21. The minimum Gasteiger partial charge on any atom is -0.321 e. The molecule has 0 atom stereocenters. The number of aromatic nitrogens is 2. The standard InChI is InChI=1S/C24H30N4O4S/c1-4-7-10-16-28-24(30)21-15-9-8-14-20(21)22(26-28)23(29)25-18-12-11-13-19(17-18)33(31,32)27(5-2)6-3/h8-9,11-15,17H,4-7,10,16H2,1-3H3,(H,25,29). The lowest BCUT2D eigenvalue weighted by Crippen LogP contribution is -2.30. The van der Waals surface area contributed by atoms with Crippen LogP contribution in [-0.4, -0.2) is 41.5 Å². The van der Waals surface area contributed by atoms with Crippen molar-refractivity contribution in [2.24, 2.45) is 0 Å². The Labute approximate surface area is 194 Å². The van der Waals surface area contributed by atoms with Crippen molar-refractivity contribution in [1.29, 1.82) is 0 Å². The van der Waals surface area contributed by atoms with E-state index in [0.717, 1.165) is 19.3 Å². The summed E-state index contributed by atoms with van der Waals surface area (Å²) in [6, 6.07) is 13.0. The van der Waals surface area contributed by atoms with Crippen LogP contribution in [0.15, 0.2) is 58.2 Å². The summed E-state index contributed by atoms with van der Waals surface area (Å²) in [6.07, 6.45) is 2.74. The average molecular weight is 471 g/mol. The second-order valence-corrected chi connectivity index (χ2v) is 9.64. The highest BCUT2D eigenvalue weighted by Gasteiger charge is 2.22. The molecule has 2 aromatic carbocycles. The number of carbonyl (C=O) groups is 1. The van der Waals surface area contributed by atoms with Gasteiger partial charge in [-0.2, -0.15) is 9.40 Å². The fourth-order valence-electron chi connectivity index (χ4n) is 3.70. The molecule has 0 bridgehead atoms. The van der Waals surface area contributed by atoms with Crippen LogP contribution in [0.5, 0.6) is 0 Å². The van der Waals surface area contributed by atoms with Crippen LogP contribution in [-0.2, 0) is 16.6 Å². The van der Waals surface area contributed by atoms with Gasteiger partial charge in [0.25, 0.3) is 11.5 Å². The van der Waals surface area contributed by atoms with Gasteiger partial charge >= 0.3 is 0 Å². The maximum Gasteiger partial charge on any atom is 0.276 e. The Kier molecular flexibility index (Phi) is 7.99.